The molecule has 3 rings (SSSR count). The number of hydrogen-bond donors (Lipinski definition) is 4. The molecule has 2 unspecified atom stereocenters. The Morgan fingerprint density at radius 1 is 1.33 bits per heavy atom. The summed E-state index contributed by atoms with van der Waals surface area (Å²) in [5.74, 6) is -3.53. The molecule has 1 aromatic heterocycles. The molecule has 0 spiro atoms. The number of amides is 4. The summed E-state index contributed by atoms with van der Waals surface area (Å²) >= 11 is 6.46. The summed E-state index contributed by atoms with van der Waals surface area (Å²) in [5, 5.41) is 12.5. The molecule has 0 saturated carbocycles. The van der Waals surface area contributed by atoms with E-state index in [0.29, 0.717) is 5.56 Å². The zero-order chi connectivity index (χ0) is 26.5. The van der Waals surface area contributed by atoms with E-state index in [9.17, 15) is 27.6 Å². The van der Waals surface area contributed by atoms with Crippen molar-refractivity contribution in [1.82, 2.24) is 19.9 Å². The second-order valence-electron chi connectivity index (χ2n) is 7.07. The standard InChI is InChI=1S/C19H19ClN6O8S2/c1-34-25-15(12-9-35-19(22-12)23-13(27)7-20)17(29)24-14(10-5-3-2-4-6-10)16(28)21-11-8-26(18(11)30)36(31,32)33/h2-6,9,11,14H,7-8H2,1H3,(H,21,28)(H,24,29)(H,22,23,27)(H,31,32,33)/b25-15-. The van der Waals surface area contributed by atoms with Crippen LogP contribution in [-0.2, 0) is 34.3 Å². The van der Waals surface area contributed by atoms with Gasteiger partial charge in [-0.2, -0.15) is 8.42 Å². The number of carbonyl (C=O) groups excluding carboxylic acids is 4. The van der Waals surface area contributed by atoms with Crippen LogP contribution in [0.25, 0.3) is 0 Å². The second-order valence-corrected chi connectivity index (χ2v) is 9.53. The number of nitrogens with zero attached hydrogens (tertiary/aromatic N) is 3. The molecular formula is C19H19ClN6O8S2. The Morgan fingerprint density at radius 3 is 2.61 bits per heavy atom. The molecule has 2 heterocycles. The molecule has 1 aliphatic rings. The van der Waals surface area contributed by atoms with Crippen LogP contribution < -0.4 is 16.0 Å². The van der Waals surface area contributed by atoms with Crippen molar-refractivity contribution in [3.63, 3.8) is 0 Å². The first-order valence-electron chi connectivity index (χ1n) is 9.93. The van der Waals surface area contributed by atoms with E-state index in [0.717, 1.165) is 11.3 Å². The van der Waals surface area contributed by atoms with Crippen LogP contribution in [0.5, 0.6) is 0 Å². The van der Waals surface area contributed by atoms with Crippen molar-refractivity contribution in [3.05, 3.63) is 47.0 Å². The lowest BCUT2D eigenvalue weighted by molar-refractivity contribution is -0.141. The first-order chi connectivity index (χ1) is 17.0. The number of β-lactam (4-membered cyclic amide) rings is 1. The molecule has 2 aromatic rings. The molecule has 2 atom stereocenters. The second kappa shape index (κ2) is 11.4. The van der Waals surface area contributed by atoms with Gasteiger partial charge in [-0.05, 0) is 5.56 Å². The third kappa shape index (κ3) is 6.34. The molecule has 1 aliphatic heterocycles. The molecule has 17 heteroatoms. The number of alkyl halides is 1. The summed E-state index contributed by atoms with van der Waals surface area (Å²) in [6.45, 7) is -0.467. The SMILES string of the molecule is CO/N=C(\C(=O)NC(C(=O)NC1CN(S(=O)(=O)O)C1=O)c1ccccc1)c1csc(NC(=O)CCl)n1. The molecule has 1 fully saturated rings. The third-order valence-electron chi connectivity index (χ3n) is 4.67. The number of anilines is 1. The summed E-state index contributed by atoms with van der Waals surface area (Å²) < 4.78 is 31.5. The lowest BCUT2D eigenvalue weighted by Crippen LogP contribution is -2.66. The molecule has 192 valence electrons. The summed E-state index contributed by atoms with van der Waals surface area (Å²) in [4.78, 5) is 58.4. The van der Waals surface area contributed by atoms with E-state index >= 15 is 0 Å². The van der Waals surface area contributed by atoms with Gasteiger partial charge >= 0.3 is 10.3 Å². The topological polar surface area (TPSA) is 196 Å². The number of benzene rings is 1. The van der Waals surface area contributed by atoms with Crippen LogP contribution in [0.4, 0.5) is 5.13 Å². The maximum absolute atomic E-state index is 13.1. The van der Waals surface area contributed by atoms with Crippen molar-refractivity contribution in [2.24, 2.45) is 5.16 Å². The van der Waals surface area contributed by atoms with Crippen molar-refractivity contribution in [1.29, 1.82) is 0 Å². The molecule has 14 nitrogen and oxygen atoms in total. The molecule has 1 aromatic carbocycles. The maximum Gasteiger partial charge on any atom is 0.362 e. The fourth-order valence-corrected chi connectivity index (χ4v) is 4.47. The molecule has 1 saturated heterocycles. The minimum Gasteiger partial charge on any atom is -0.398 e. The Hall–Kier alpha value is -3.60. The average Bonchev–Trinajstić information content (AvgIpc) is 3.30. The van der Waals surface area contributed by atoms with Crippen molar-refractivity contribution in [2.45, 2.75) is 12.1 Å². The predicted octanol–water partition coefficient (Wildman–Crippen LogP) is -0.342. The summed E-state index contributed by atoms with van der Waals surface area (Å²) in [7, 11) is -3.54. The van der Waals surface area contributed by atoms with E-state index in [2.05, 4.69) is 26.1 Å². The van der Waals surface area contributed by atoms with E-state index in [4.69, 9.17) is 21.0 Å². The summed E-state index contributed by atoms with van der Waals surface area (Å²) in [5.41, 5.74) is 0.0624. The highest BCUT2D eigenvalue weighted by molar-refractivity contribution is 7.84. The molecule has 4 N–H and O–H groups in total. The van der Waals surface area contributed by atoms with Gasteiger partial charge in [0.1, 0.15) is 30.8 Å². The first-order valence-corrected chi connectivity index (χ1v) is 12.7. The van der Waals surface area contributed by atoms with Gasteiger partial charge < -0.3 is 20.8 Å². The van der Waals surface area contributed by atoms with Gasteiger partial charge in [0.05, 0.1) is 6.54 Å². The lowest BCUT2D eigenvalue weighted by atomic mass is 10.0. The van der Waals surface area contributed by atoms with Crippen LogP contribution in [0.3, 0.4) is 0 Å². The van der Waals surface area contributed by atoms with Crippen LogP contribution >= 0.6 is 22.9 Å². The van der Waals surface area contributed by atoms with Crippen molar-refractivity contribution in [3.8, 4) is 0 Å². The Morgan fingerprint density at radius 2 is 2.03 bits per heavy atom. The molecule has 4 amide bonds. The van der Waals surface area contributed by atoms with Gasteiger partial charge in [0.2, 0.25) is 11.8 Å². The van der Waals surface area contributed by atoms with Crippen LogP contribution in [0, 0.1) is 0 Å². The third-order valence-corrected chi connectivity index (χ3v) is 6.56. The van der Waals surface area contributed by atoms with E-state index < -0.39 is 52.6 Å². The van der Waals surface area contributed by atoms with E-state index in [1.54, 1.807) is 30.3 Å². The lowest BCUT2D eigenvalue weighted by Gasteiger charge is -2.36. The predicted molar refractivity (Wildman–Crippen MR) is 128 cm³/mol. The van der Waals surface area contributed by atoms with Crippen molar-refractivity contribution in [2.75, 3.05) is 24.9 Å². The van der Waals surface area contributed by atoms with Crippen LogP contribution in [0.1, 0.15) is 17.3 Å². The highest BCUT2D eigenvalue weighted by Crippen LogP contribution is 2.20. The van der Waals surface area contributed by atoms with Crippen molar-refractivity contribution >= 4 is 67.7 Å². The highest BCUT2D eigenvalue weighted by Gasteiger charge is 2.45. The molecule has 36 heavy (non-hydrogen) atoms. The van der Waals surface area contributed by atoms with E-state index in [-0.39, 0.29) is 26.7 Å². The zero-order valence-electron chi connectivity index (χ0n) is 18.4. The number of thiazole rings is 1. The zero-order valence-corrected chi connectivity index (χ0v) is 20.8. The molecule has 0 radical (unpaired) electrons. The van der Waals surface area contributed by atoms with Crippen LogP contribution in [0.2, 0.25) is 0 Å². The number of halogens is 1. The number of rotatable bonds is 10. The number of oxime groups is 1. The molecule has 0 aliphatic carbocycles. The normalized spacial score (nSPS) is 16.5. The smallest absolute Gasteiger partial charge is 0.362 e. The van der Waals surface area contributed by atoms with Crippen molar-refractivity contribution < 1.29 is 37.0 Å². The molecular weight excluding hydrogens is 540 g/mol. The monoisotopic (exact) mass is 558 g/mol. The van der Waals surface area contributed by atoms with Gasteiger partial charge in [0.15, 0.2) is 10.8 Å². The van der Waals surface area contributed by atoms with Gasteiger partial charge in [0, 0.05) is 5.38 Å². The fourth-order valence-electron chi connectivity index (χ4n) is 3.00. The molecule has 0 bridgehead atoms. The minimum absolute atomic E-state index is 0.0365. The Balaban J connectivity index is 1.80. The highest BCUT2D eigenvalue weighted by atomic mass is 35.5. The van der Waals surface area contributed by atoms with Crippen LogP contribution in [-0.4, -0.2) is 77.2 Å². The van der Waals surface area contributed by atoms with E-state index in [1.807, 2.05) is 0 Å². The summed E-state index contributed by atoms with van der Waals surface area (Å²) in [6.07, 6.45) is 0. The quantitative estimate of drug-likeness (QED) is 0.0990. The Bertz CT molecular complexity index is 1300. The van der Waals surface area contributed by atoms with Crippen LogP contribution in [0.15, 0.2) is 40.9 Å². The van der Waals surface area contributed by atoms with E-state index in [1.165, 1.54) is 12.5 Å². The largest absolute Gasteiger partial charge is 0.398 e. The van der Waals surface area contributed by atoms with Gasteiger partial charge in [-0.3, -0.25) is 23.7 Å². The van der Waals surface area contributed by atoms with Gasteiger partial charge in [0.25, 0.3) is 11.8 Å². The Kier molecular flexibility index (Phi) is 8.57. The number of aromatic nitrogens is 1. The van der Waals surface area contributed by atoms with Gasteiger partial charge in [-0.25, -0.2) is 9.29 Å². The number of hydrogen-bond acceptors (Lipinski definition) is 10. The average molecular weight is 559 g/mol. The first kappa shape index (κ1) is 27.0. The Labute approximate surface area is 213 Å². The van der Waals surface area contributed by atoms with Gasteiger partial charge in [-0.15, -0.1) is 22.9 Å². The number of carbonyl (C=O) groups is 4. The van der Waals surface area contributed by atoms with Gasteiger partial charge in [-0.1, -0.05) is 35.5 Å². The minimum atomic E-state index is -4.74. The number of nitrogens with one attached hydrogen (secondary N) is 3. The summed E-state index contributed by atoms with van der Waals surface area (Å²) in [6, 6.07) is 5.47. The fraction of sp³-hybridized carbons (Fsp3) is 0.263. The maximum atomic E-state index is 13.1.